The number of nitrogens with zero attached hydrogens (tertiary/aromatic N) is 4. The van der Waals surface area contributed by atoms with Gasteiger partial charge in [-0.1, -0.05) is 17.7 Å². The van der Waals surface area contributed by atoms with E-state index in [0.717, 1.165) is 39.3 Å². The molecule has 0 saturated carbocycles. The maximum absolute atomic E-state index is 13.9. The fourth-order valence-corrected chi connectivity index (χ4v) is 3.52. The van der Waals surface area contributed by atoms with Crippen LogP contribution in [0.4, 0.5) is 4.39 Å². The number of hydrogen-bond donors (Lipinski definition) is 0. The Morgan fingerprint density at radius 3 is 2.07 bits per heavy atom. The van der Waals surface area contributed by atoms with Crippen LogP contribution in [0.1, 0.15) is 19.4 Å². The Hall–Kier alpha value is -1.70. The minimum Gasteiger partial charge on any atom is -0.342 e. The van der Waals surface area contributed by atoms with Gasteiger partial charge in [0, 0.05) is 63.4 Å². The molecule has 1 aromatic rings. The van der Waals surface area contributed by atoms with Crippen molar-refractivity contribution in [3.8, 4) is 0 Å². The molecule has 0 atom stereocenters. The van der Waals surface area contributed by atoms with E-state index < -0.39 is 5.82 Å². The predicted molar refractivity (Wildman–Crippen MR) is 109 cm³/mol. The molecule has 1 heterocycles. The molecule has 8 heteroatoms. The normalized spacial score (nSPS) is 15.5. The first-order valence-corrected chi connectivity index (χ1v) is 10.1. The Morgan fingerprint density at radius 1 is 1.04 bits per heavy atom. The molecule has 2 amide bonds. The molecule has 0 unspecified atom stereocenters. The summed E-state index contributed by atoms with van der Waals surface area (Å²) in [5.41, 5.74) is 0.333. The van der Waals surface area contributed by atoms with Gasteiger partial charge in [0.15, 0.2) is 0 Å². The zero-order valence-corrected chi connectivity index (χ0v) is 17.7. The molecule has 1 fully saturated rings. The smallest absolute Gasteiger partial charge is 0.236 e. The van der Waals surface area contributed by atoms with Gasteiger partial charge in [-0.15, -0.1) is 0 Å². The first-order chi connectivity index (χ1) is 13.3. The lowest BCUT2D eigenvalue weighted by Gasteiger charge is -2.35. The number of benzene rings is 1. The van der Waals surface area contributed by atoms with Gasteiger partial charge < -0.3 is 9.80 Å². The van der Waals surface area contributed by atoms with Crippen LogP contribution in [-0.4, -0.2) is 90.8 Å². The molecule has 28 heavy (non-hydrogen) atoms. The van der Waals surface area contributed by atoms with Crippen LogP contribution in [-0.2, 0) is 16.1 Å². The number of halogens is 2. The highest BCUT2D eigenvalue weighted by atomic mass is 35.5. The summed E-state index contributed by atoms with van der Waals surface area (Å²) in [6.45, 7) is 9.22. The summed E-state index contributed by atoms with van der Waals surface area (Å²) >= 11 is 6.05. The van der Waals surface area contributed by atoms with E-state index in [-0.39, 0.29) is 24.9 Å². The first kappa shape index (κ1) is 22.6. The van der Waals surface area contributed by atoms with Crippen LogP contribution in [0.2, 0.25) is 5.02 Å². The van der Waals surface area contributed by atoms with Crippen molar-refractivity contribution in [1.29, 1.82) is 0 Å². The molecule has 0 aromatic heterocycles. The Balaban J connectivity index is 1.79. The summed E-state index contributed by atoms with van der Waals surface area (Å²) in [6, 6.07) is 4.52. The molecule has 6 nitrogen and oxygen atoms in total. The quantitative estimate of drug-likeness (QED) is 0.654. The SMILES string of the molecule is CCN(CC)C(=O)CN1CCN(CC(=O)N(C)Cc2c(F)cccc2Cl)CC1. The van der Waals surface area contributed by atoms with Gasteiger partial charge in [-0.05, 0) is 26.0 Å². The topological polar surface area (TPSA) is 47.1 Å². The average Bonchev–Trinajstić information content (AvgIpc) is 2.67. The summed E-state index contributed by atoms with van der Waals surface area (Å²) in [6.07, 6.45) is 0. The molecule has 0 radical (unpaired) electrons. The molecule has 156 valence electrons. The highest BCUT2D eigenvalue weighted by Gasteiger charge is 2.23. The monoisotopic (exact) mass is 412 g/mol. The number of likely N-dealkylation sites (N-methyl/N-ethyl adjacent to an activating group) is 2. The van der Waals surface area contributed by atoms with E-state index in [1.54, 1.807) is 19.2 Å². The van der Waals surface area contributed by atoms with Gasteiger partial charge in [0.2, 0.25) is 11.8 Å². The summed E-state index contributed by atoms with van der Waals surface area (Å²) < 4.78 is 13.9. The lowest BCUT2D eigenvalue weighted by Crippen LogP contribution is -2.52. The molecule has 0 N–H and O–H groups in total. The second-order valence-electron chi connectivity index (χ2n) is 7.07. The lowest BCUT2D eigenvalue weighted by atomic mass is 10.2. The first-order valence-electron chi connectivity index (χ1n) is 9.75. The van der Waals surface area contributed by atoms with Crippen LogP contribution in [0.5, 0.6) is 0 Å². The zero-order valence-electron chi connectivity index (χ0n) is 17.0. The Kier molecular flexibility index (Phi) is 8.66. The molecule has 0 spiro atoms. The predicted octanol–water partition coefficient (Wildman–Crippen LogP) is 1.92. The summed E-state index contributed by atoms with van der Waals surface area (Å²) in [4.78, 5) is 32.3. The molecule has 1 aromatic carbocycles. The van der Waals surface area contributed by atoms with E-state index in [0.29, 0.717) is 17.1 Å². The molecule has 1 saturated heterocycles. The van der Waals surface area contributed by atoms with Crippen LogP contribution in [0, 0.1) is 5.82 Å². The molecule has 2 rings (SSSR count). The summed E-state index contributed by atoms with van der Waals surface area (Å²) in [5.74, 6) is -0.332. The van der Waals surface area contributed by atoms with Crippen molar-refractivity contribution in [1.82, 2.24) is 19.6 Å². The van der Waals surface area contributed by atoms with Crippen molar-refractivity contribution in [2.75, 3.05) is 59.4 Å². The highest BCUT2D eigenvalue weighted by molar-refractivity contribution is 6.31. The van der Waals surface area contributed by atoms with Crippen LogP contribution in [0.15, 0.2) is 18.2 Å². The van der Waals surface area contributed by atoms with Crippen LogP contribution < -0.4 is 0 Å². The fourth-order valence-electron chi connectivity index (χ4n) is 3.29. The van der Waals surface area contributed by atoms with Gasteiger partial charge in [0.05, 0.1) is 13.1 Å². The van der Waals surface area contributed by atoms with E-state index >= 15 is 0 Å². The van der Waals surface area contributed by atoms with Crippen molar-refractivity contribution in [2.24, 2.45) is 0 Å². The third-order valence-corrected chi connectivity index (χ3v) is 5.54. The number of carbonyl (C=O) groups is 2. The van der Waals surface area contributed by atoms with Gasteiger partial charge in [0.25, 0.3) is 0 Å². The van der Waals surface area contributed by atoms with E-state index in [1.807, 2.05) is 18.7 Å². The summed E-state index contributed by atoms with van der Waals surface area (Å²) in [5, 5.41) is 0.325. The standard InChI is InChI=1S/C20H30ClFN4O2/c1-4-26(5-2)20(28)15-25-11-9-24(10-12-25)14-19(27)23(3)13-16-17(21)7-6-8-18(16)22/h6-8H,4-5,9-15H2,1-3H3. The van der Waals surface area contributed by atoms with Crippen molar-refractivity contribution >= 4 is 23.4 Å². The van der Waals surface area contributed by atoms with E-state index in [4.69, 9.17) is 11.6 Å². The van der Waals surface area contributed by atoms with Crippen molar-refractivity contribution in [2.45, 2.75) is 20.4 Å². The second-order valence-corrected chi connectivity index (χ2v) is 7.48. The molecule has 0 aliphatic carbocycles. The van der Waals surface area contributed by atoms with Gasteiger partial charge in [0.1, 0.15) is 5.82 Å². The minimum atomic E-state index is -0.404. The van der Waals surface area contributed by atoms with Crippen molar-refractivity contribution in [3.63, 3.8) is 0 Å². The van der Waals surface area contributed by atoms with Gasteiger partial charge in [-0.25, -0.2) is 4.39 Å². The van der Waals surface area contributed by atoms with Gasteiger partial charge in [-0.2, -0.15) is 0 Å². The van der Waals surface area contributed by atoms with Crippen LogP contribution >= 0.6 is 11.6 Å². The Bertz CT molecular complexity index is 656. The highest BCUT2D eigenvalue weighted by Crippen LogP contribution is 2.20. The van der Waals surface area contributed by atoms with Crippen LogP contribution in [0.25, 0.3) is 0 Å². The van der Waals surface area contributed by atoms with E-state index in [9.17, 15) is 14.0 Å². The van der Waals surface area contributed by atoms with E-state index in [1.165, 1.54) is 11.0 Å². The molecule has 1 aliphatic heterocycles. The number of amides is 2. The second kappa shape index (κ2) is 10.7. The third-order valence-electron chi connectivity index (χ3n) is 5.18. The number of piperazine rings is 1. The van der Waals surface area contributed by atoms with Gasteiger partial charge >= 0.3 is 0 Å². The lowest BCUT2D eigenvalue weighted by molar-refractivity contribution is -0.134. The van der Waals surface area contributed by atoms with Crippen molar-refractivity contribution in [3.05, 3.63) is 34.6 Å². The zero-order chi connectivity index (χ0) is 20.7. The van der Waals surface area contributed by atoms with E-state index in [2.05, 4.69) is 9.80 Å². The maximum atomic E-state index is 13.9. The average molecular weight is 413 g/mol. The minimum absolute atomic E-state index is 0.0769. The maximum Gasteiger partial charge on any atom is 0.236 e. The largest absolute Gasteiger partial charge is 0.342 e. The van der Waals surface area contributed by atoms with Gasteiger partial charge in [-0.3, -0.25) is 19.4 Å². The van der Waals surface area contributed by atoms with Crippen molar-refractivity contribution < 1.29 is 14.0 Å². The Labute approximate surface area is 171 Å². The molecular formula is C20H30ClFN4O2. The number of hydrogen-bond acceptors (Lipinski definition) is 4. The molecule has 0 bridgehead atoms. The Morgan fingerprint density at radius 2 is 1.57 bits per heavy atom. The van der Waals surface area contributed by atoms with Crippen LogP contribution in [0.3, 0.4) is 0 Å². The summed E-state index contributed by atoms with van der Waals surface area (Å²) in [7, 11) is 1.66. The number of carbonyl (C=O) groups excluding carboxylic acids is 2. The number of rotatable bonds is 8. The molecular weight excluding hydrogens is 383 g/mol. The third kappa shape index (κ3) is 6.15. The molecule has 1 aliphatic rings. The fraction of sp³-hybridized carbons (Fsp3) is 0.600.